The van der Waals surface area contributed by atoms with E-state index in [9.17, 15) is 5.26 Å². The molecule has 0 radical (unpaired) electrons. The van der Waals surface area contributed by atoms with E-state index >= 15 is 0 Å². The second-order valence-corrected chi connectivity index (χ2v) is 10.9. The van der Waals surface area contributed by atoms with Crippen LogP contribution in [0.4, 0.5) is 0 Å². The van der Waals surface area contributed by atoms with Crippen LogP contribution in [0, 0.1) is 11.3 Å². The molecule has 0 saturated carbocycles. The number of hydrogen-bond donors (Lipinski definition) is 0. The third-order valence-electron chi connectivity index (χ3n) is 8.85. The molecule has 10 rings (SSSR count). The number of para-hydroxylation sites is 4. The number of aromatic nitrogens is 4. The zero-order valence-electron chi connectivity index (χ0n) is 22.2. The van der Waals surface area contributed by atoms with Gasteiger partial charge < -0.3 is 4.40 Å². The molecule has 192 valence electrons. The summed E-state index contributed by atoms with van der Waals surface area (Å²) in [5.74, 6) is 0.551. The normalized spacial score (nSPS) is 12.3. The van der Waals surface area contributed by atoms with E-state index in [1.165, 1.54) is 43.5 Å². The lowest BCUT2D eigenvalue weighted by atomic mass is 10.0. The number of benzene rings is 6. The van der Waals surface area contributed by atoms with Crippen molar-refractivity contribution < 1.29 is 0 Å². The van der Waals surface area contributed by atoms with Crippen molar-refractivity contribution in [2.45, 2.75) is 0 Å². The van der Waals surface area contributed by atoms with E-state index in [4.69, 9.17) is 9.97 Å². The average molecular weight is 534 g/mol. The molecular weight excluding hydrogens is 514 g/mol. The van der Waals surface area contributed by atoms with Crippen LogP contribution < -0.4 is 0 Å². The SMILES string of the molecule is N#Cc1nc2ccccc2nc1-n1c2ccccc2c2cc3c4ccccc4n4c5c6ccccc6ccc5c(c21)c34. The van der Waals surface area contributed by atoms with Gasteiger partial charge in [0.05, 0.1) is 38.6 Å². The Morgan fingerprint density at radius 2 is 1.17 bits per heavy atom. The van der Waals surface area contributed by atoms with Crippen LogP contribution in [0.1, 0.15) is 5.69 Å². The molecule has 0 unspecified atom stereocenters. The molecule has 0 fully saturated rings. The first-order valence-corrected chi connectivity index (χ1v) is 14.0. The van der Waals surface area contributed by atoms with E-state index in [1.54, 1.807) is 0 Å². The molecule has 0 spiro atoms. The molecule has 4 aromatic heterocycles. The Labute approximate surface area is 238 Å². The lowest BCUT2D eigenvalue weighted by Crippen LogP contribution is -2.04. The predicted octanol–water partition coefficient (Wildman–Crippen LogP) is 8.90. The van der Waals surface area contributed by atoms with E-state index in [2.05, 4.69) is 100.0 Å². The Hall–Kier alpha value is -5.99. The molecule has 5 heteroatoms. The molecule has 0 bridgehead atoms. The third kappa shape index (κ3) is 2.53. The number of nitriles is 1. The number of hydrogen-bond acceptors (Lipinski definition) is 3. The summed E-state index contributed by atoms with van der Waals surface area (Å²) in [7, 11) is 0. The van der Waals surface area contributed by atoms with Crippen LogP contribution in [0.25, 0.3) is 87.5 Å². The smallest absolute Gasteiger partial charge is 0.184 e. The van der Waals surface area contributed by atoms with Crippen LogP contribution in [0.2, 0.25) is 0 Å². The van der Waals surface area contributed by atoms with Gasteiger partial charge in [-0.05, 0) is 35.7 Å². The lowest BCUT2D eigenvalue weighted by Gasteiger charge is -2.11. The van der Waals surface area contributed by atoms with E-state index in [-0.39, 0.29) is 0 Å². The second-order valence-electron chi connectivity index (χ2n) is 10.9. The largest absolute Gasteiger partial charge is 0.307 e. The highest BCUT2D eigenvalue weighted by molar-refractivity contribution is 6.36. The van der Waals surface area contributed by atoms with Crippen LogP contribution >= 0.6 is 0 Å². The molecule has 4 heterocycles. The summed E-state index contributed by atoms with van der Waals surface area (Å²) < 4.78 is 4.61. The van der Waals surface area contributed by atoms with Crippen molar-refractivity contribution in [3.05, 3.63) is 121 Å². The molecule has 0 N–H and O–H groups in total. The highest BCUT2D eigenvalue weighted by atomic mass is 15.1. The van der Waals surface area contributed by atoms with Gasteiger partial charge in [0.2, 0.25) is 0 Å². The van der Waals surface area contributed by atoms with E-state index in [0.29, 0.717) is 17.0 Å². The highest BCUT2D eigenvalue weighted by Gasteiger charge is 2.26. The highest BCUT2D eigenvalue weighted by Crippen LogP contribution is 2.47. The fourth-order valence-electron chi connectivity index (χ4n) is 7.20. The van der Waals surface area contributed by atoms with Crippen molar-refractivity contribution in [1.29, 1.82) is 5.26 Å². The Balaban J connectivity index is 1.55. The first kappa shape index (κ1) is 21.8. The van der Waals surface area contributed by atoms with Gasteiger partial charge in [-0.25, -0.2) is 9.97 Å². The second kappa shape index (κ2) is 7.60. The van der Waals surface area contributed by atoms with Crippen molar-refractivity contribution in [3.8, 4) is 11.9 Å². The minimum Gasteiger partial charge on any atom is -0.307 e. The third-order valence-corrected chi connectivity index (χ3v) is 8.85. The summed E-state index contributed by atoms with van der Waals surface area (Å²) in [5.41, 5.74) is 7.40. The van der Waals surface area contributed by atoms with Crippen LogP contribution in [-0.2, 0) is 0 Å². The van der Waals surface area contributed by atoms with Crippen molar-refractivity contribution in [1.82, 2.24) is 18.9 Å². The molecule has 0 amide bonds. The first-order valence-electron chi connectivity index (χ1n) is 14.0. The summed E-state index contributed by atoms with van der Waals surface area (Å²) in [5, 5.41) is 19.8. The van der Waals surface area contributed by atoms with Crippen molar-refractivity contribution in [2.24, 2.45) is 0 Å². The Kier molecular flexibility index (Phi) is 3.94. The van der Waals surface area contributed by atoms with Crippen LogP contribution in [0.5, 0.6) is 0 Å². The summed E-state index contributed by atoms with van der Waals surface area (Å²) in [6, 6.07) is 42.6. The van der Waals surface area contributed by atoms with Gasteiger partial charge in [0.15, 0.2) is 11.5 Å². The molecular formula is C37H19N5. The number of rotatable bonds is 1. The fraction of sp³-hybridized carbons (Fsp3) is 0. The topological polar surface area (TPSA) is 58.9 Å². The van der Waals surface area contributed by atoms with Crippen LogP contribution in [0.3, 0.4) is 0 Å². The molecule has 0 aliphatic rings. The Morgan fingerprint density at radius 3 is 1.98 bits per heavy atom. The van der Waals surface area contributed by atoms with Crippen LogP contribution in [0.15, 0.2) is 115 Å². The van der Waals surface area contributed by atoms with Gasteiger partial charge in [-0.3, -0.25) is 4.57 Å². The molecule has 10 aromatic rings. The predicted molar refractivity (Wildman–Crippen MR) is 171 cm³/mol. The number of nitrogens with zero attached hydrogens (tertiary/aromatic N) is 5. The monoisotopic (exact) mass is 533 g/mol. The summed E-state index contributed by atoms with van der Waals surface area (Å²) in [6.45, 7) is 0. The zero-order valence-corrected chi connectivity index (χ0v) is 22.2. The van der Waals surface area contributed by atoms with Gasteiger partial charge in [-0.1, -0.05) is 84.9 Å². The molecule has 0 aliphatic heterocycles. The first-order chi connectivity index (χ1) is 20.8. The minimum atomic E-state index is 0.306. The van der Waals surface area contributed by atoms with Gasteiger partial charge in [0, 0.05) is 37.7 Å². The van der Waals surface area contributed by atoms with E-state index in [1.807, 2.05) is 30.3 Å². The molecule has 42 heavy (non-hydrogen) atoms. The molecule has 6 aromatic carbocycles. The minimum absolute atomic E-state index is 0.306. The maximum atomic E-state index is 10.3. The molecule has 0 saturated heterocycles. The number of fused-ring (bicyclic) bond motifs is 13. The van der Waals surface area contributed by atoms with Crippen LogP contribution in [-0.4, -0.2) is 18.9 Å². The van der Waals surface area contributed by atoms with E-state index < -0.39 is 0 Å². The van der Waals surface area contributed by atoms with Crippen molar-refractivity contribution in [2.75, 3.05) is 0 Å². The summed E-state index contributed by atoms with van der Waals surface area (Å²) in [6.07, 6.45) is 0. The summed E-state index contributed by atoms with van der Waals surface area (Å²) in [4.78, 5) is 9.85. The van der Waals surface area contributed by atoms with Gasteiger partial charge in [-0.15, -0.1) is 0 Å². The quantitative estimate of drug-likeness (QED) is 0.212. The zero-order chi connectivity index (χ0) is 27.5. The molecule has 0 aliphatic carbocycles. The summed E-state index contributed by atoms with van der Waals surface area (Å²) >= 11 is 0. The maximum absolute atomic E-state index is 10.3. The van der Waals surface area contributed by atoms with Gasteiger partial charge in [0.25, 0.3) is 0 Å². The lowest BCUT2D eigenvalue weighted by molar-refractivity contribution is 1.06. The van der Waals surface area contributed by atoms with Crippen molar-refractivity contribution >= 4 is 81.7 Å². The Morgan fingerprint density at radius 1 is 0.524 bits per heavy atom. The molecule has 5 nitrogen and oxygen atoms in total. The average Bonchev–Trinajstić information content (AvgIpc) is 3.68. The maximum Gasteiger partial charge on any atom is 0.184 e. The fourth-order valence-corrected chi connectivity index (χ4v) is 7.20. The van der Waals surface area contributed by atoms with Crippen molar-refractivity contribution in [3.63, 3.8) is 0 Å². The van der Waals surface area contributed by atoms with Gasteiger partial charge >= 0.3 is 0 Å². The Bertz CT molecular complexity index is 2810. The van der Waals surface area contributed by atoms with Gasteiger partial charge in [0.1, 0.15) is 6.07 Å². The molecule has 0 atom stereocenters. The van der Waals surface area contributed by atoms with E-state index in [0.717, 1.165) is 32.7 Å². The van der Waals surface area contributed by atoms with Gasteiger partial charge in [-0.2, -0.15) is 5.26 Å². The standard InChI is InChI=1S/C37H19N5/c38-20-30-37(40-29-14-6-5-13-28(29)39-30)42-32-16-8-4-12-24(32)27-19-26-23-11-3-7-15-31(23)41-34-22-10-2-1-9-21(22)17-18-25(34)33(35(26)41)36(27)42/h1-19H.